The smallest absolute Gasteiger partial charge is 0.254 e. The number of carbonyl (C=O) groups excluding carboxylic acids is 2. The van der Waals surface area contributed by atoms with Crippen molar-refractivity contribution in [2.45, 2.75) is 26.2 Å². The van der Waals surface area contributed by atoms with Crippen molar-refractivity contribution in [3.05, 3.63) is 59.5 Å². The summed E-state index contributed by atoms with van der Waals surface area (Å²) in [5, 5.41) is 5.42. The quantitative estimate of drug-likeness (QED) is 0.860. The third-order valence-electron chi connectivity index (χ3n) is 3.72. The number of rotatable bonds is 6. The van der Waals surface area contributed by atoms with Crippen LogP contribution in [0.2, 0.25) is 0 Å². The number of amides is 2. The molecule has 0 saturated carbocycles. The second-order valence-corrected chi connectivity index (χ2v) is 6.22. The Balaban J connectivity index is 1.82. The van der Waals surface area contributed by atoms with Gasteiger partial charge in [0.2, 0.25) is 5.91 Å². The summed E-state index contributed by atoms with van der Waals surface area (Å²) in [6, 6.07) is 9.78. The Morgan fingerprint density at radius 3 is 2.61 bits per heavy atom. The molecule has 2 N–H and O–H groups in total. The zero-order valence-corrected chi connectivity index (χ0v) is 13.7. The first-order valence-corrected chi connectivity index (χ1v) is 7.53. The van der Waals surface area contributed by atoms with Crippen LogP contribution in [0.3, 0.4) is 0 Å². The van der Waals surface area contributed by atoms with Crippen molar-refractivity contribution in [1.29, 1.82) is 0 Å². The molecule has 0 radical (unpaired) electrons. The molecule has 0 aliphatic heterocycles. The maximum Gasteiger partial charge on any atom is 0.254 e. The molecule has 2 rings (SSSR count). The van der Waals surface area contributed by atoms with Crippen molar-refractivity contribution >= 4 is 11.8 Å². The molecule has 0 atom stereocenters. The SMILES string of the molecule is Cc1cccc(C(C)(C)CNC(=O)CNC(=O)c2ccoc2)c1. The fraction of sp³-hybridized carbons (Fsp3) is 0.333. The van der Waals surface area contributed by atoms with Gasteiger partial charge in [-0.05, 0) is 18.6 Å². The molecule has 1 aromatic carbocycles. The summed E-state index contributed by atoms with van der Waals surface area (Å²) in [6.07, 6.45) is 2.76. The summed E-state index contributed by atoms with van der Waals surface area (Å²) in [7, 11) is 0. The van der Waals surface area contributed by atoms with Crippen molar-refractivity contribution in [2.24, 2.45) is 0 Å². The fourth-order valence-corrected chi connectivity index (χ4v) is 2.21. The number of benzene rings is 1. The molecule has 1 heterocycles. The molecule has 2 aromatic rings. The Morgan fingerprint density at radius 2 is 1.96 bits per heavy atom. The van der Waals surface area contributed by atoms with Crippen LogP contribution in [0.4, 0.5) is 0 Å². The summed E-state index contributed by atoms with van der Waals surface area (Å²) >= 11 is 0. The average Bonchev–Trinajstić information content (AvgIpc) is 3.05. The molecule has 0 unspecified atom stereocenters. The minimum absolute atomic E-state index is 0.0616. The molecule has 0 aliphatic rings. The van der Waals surface area contributed by atoms with Crippen molar-refractivity contribution in [1.82, 2.24) is 10.6 Å². The zero-order chi connectivity index (χ0) is 16.9. The maximum absolute atomic E-state index is 11.9. The molecule has 0 aliphatic carbocycles. The summed E-state index contributed by atoms with van der Waals surface area (Å²) in [5.74, 6) is -0.547. The van der Waals surface area contributed by atoms with Crippen LogP contribution in [0.15, 0.2) is 47.3 Å². The minimum atomic E-state index is -0.327. The first kappa shape index (κ1) is 16.8. The predicted octanol–water partition coefficient (Wildman–Crippen LogP) is 2.41. The van der Waals surface area contributed by atoms with Gasteiger partial charge < -0.3 is 15.1 Å². The van der Waals surface area contributed by atoms with Gasteiger partial charge in [0.05, 0.1) is 18.4 Å². The van der Waals surface area contributed by atoms with Crippen LogP contribution in [-0.4, -0.2) is 24.9 Å². The van der Waals surface area contributed by atoms with E-state index in [0.717, 1.165) is 0 Å². The Morgan fingerprint density at radius 1 is 1.17 bits per heavy atom. The molecule has 0 spiro atoms. The lowest BCUT2D eigenvalue weighted by Crippen LogP contribution is -2.42. The van der Waals surface area contributed by atoms with Crippen LogP contribution in [0.25, 0.3) is 0 Å². The first-order valence-electron chi connectivity index (χ1n) is 7.53. The largest absolute Gasteiger partial charge is 0.472 e. The summed E-state index contributed by atoms with van der Waals surface area (Å²) < 4.78 is 4.83. The normalized spacial score (nSPS) is 11.1. The summed E-state index contributed by atoms with van der Waals surface area (Å²) in [6.45, 7) is 6.63. The van der Waals surface area contributed by atoms with Crippen molar-refractivity contribution in [2.75, 3.05) is 13.1 Å². The third kappa shape index (κ3) is 4.71. The van der Waals surface area contributed by atoms with Gasteiger partial charge in [0.25, 0.3) is 5.91 Å². The fourth-order valence-electron chi connectivity index (χ4n) is 2.21. The Bertz CT molecular complexity index is 675. The highest BCUT2D eigenvalue weighted by Gasteiger charge is 2.21. The van der Waals surface area contributed by atoms with E-state index in [4.69, 9.17) is 4.42 Å². The van der Waals surface area contributed by atoms with Crippen molar-refractivity contribution in [3.63, 3.8) is 0 Å². The van der Waals surface area contributed by atoms with E-state index in [1.54, 1.807) is 6.07 Å². The monoisotopic (exact) mass is 314 g/mol. The Labute approximate surface area is 136 Å². The molecule has 122 valence electrons. The van der Waals surface area contributed by atoms with Gasteiger partial charge in [0.15, 0.2) is 0 Å². The third-order valence-corrected chi connectivity index (χ3v) is 3.72. The van der Waals surface area contributed by atoms with Gasteiger partial charge in [-0.1, -0.05) is 43.7 Å². The second-order valence-electron chi connectivity index (χ2n) is 6.22. The number of nitrogens with one attached hydrogen (secondary N) is 2. The van der Waals surface area contributed by atoms with Crippen LogP contribution in [0.5, 0.6) is 0 Å². The van der Waals surface area contributed by atoms with Gasteiger partial charge in [0, 0.05) is 12.0 Å². The van der Waals surface area contributed by atoms with E-state index >= 15 is 0 Å². The second kappa shape index (κ2) is 7.13. The van der Waals surface area contributed by atoms with E-state index in [-0.39, 0.29) is 23.8 Å². The molecular weight excluding hydrogens is 292 g/mol. The molecule has 0 bridgehead atoms. The zero-order valence-electron chi connectivity index (χ0n) is 13.7. The topological polar surface area (TPSA) is 71.3 Å². The van der Waals surface area contributed by atoms with Gasteiger partial charge in [-0.3, -0.25) is 9.59 Å². The summed E-state index contributed by atoms with van der Waals surface area (Å²) in [5.41, 5.74) is 2.57. The molecule has 23 heavy (non-hydrogen) atoms. The highest BCUT2D eigenvalue weighted by Crippen LogP contribution is 2.22. The minimum Gasteiger partial charge on any atom is -0.472 e. The number of carbonyl (C=O) groups is 2. The van der Waals surface area contributed by atoms with Crippen LogP contribution >= 0.6 is 0 Å². The predicted molar refractivity (Wildman–Crippen MR) is 88.3 cm³/mol. The van der Waals surface area contributed by atoms with Gasteiger partial charge in [-0.25, -0.2) is 0 Å². The molecule has 2 amide bonds. The van der Waals surface area contributed by atoms with Gasteiger partial charge in [-0.15, -0.1) is 0 Å². The molecule has 5 heteroatoms. The van der Waals surface area contributed by atoms with Crippen molar-refractivity contribution in [3.8, 4) is 0 Å². The number of furan rings is 1. The van der Waals surface area contributed by atoms with E-state index in [0.29, 0.717) is 12.1 Å². The maximum atomic E-state index is 11.9. The lowest BCUT2D eigenvalue weighted by Gasteiger charge is -2.26. The molecule has 0 saturated heterocycles. The molecular formula is C18H22N2O3. The molecule has 5 nitrogen and oxygen atoms in total. The van der Waals surface area contributed by atoms with Gasteiger partial charge in [0.1, 0.15) is 6.26 Å². The van der Waals surface area contributed by atoms with E-state index in [9.17, 15) is 9.59 Å². The highest BCUT2D eigenvalue weighted by atomic mass is 16.3. The van der Waals surface area contributed by atoms with Gasteiger partial charge in [-0.2, -0.15) is 0 Å². The average molecular weight is 314 g/mol. The molecule has 1 aromatic heterocycles. The van der Waals surface area contributed by atoms with E-state index < -0.39 is 0 Å². The highest BCUT2D eigenvalue weighted by molar-refractivity contribution is 5.96. The molecule has 0 fully saturated rings. The van der Waals surface area contributed by atoms with E-state index in [1.807, 2.05) is 19.1 Å². The Hall–Kier alpha value is -2.56. The first-order chi connectivity index (χ1) is 10.9. The lowest BCUT2D eigenvalue weighted by molar-refractivity contribution is -0.120. The number of hydrogen-bond acceptors (Lipinski definition) is 3. The lowest BCUT2D eigenvalue weighted by atomic mass is 9.84. The van der Waals surface area contributed by atoms with Crippen LogP contribution in [0.1, 0.15) is 35.3 Å². The number of aryl methyl sites for hydroxylation is 1. The van der Waals surface area contributed by atoms with Crippen LogP contribution in [-0.2, 0) is 10.2 Å². The Kier molecular flexibility index (Phi) is 5.21. The van der Waals surface area contributed by atoms with E-state index in [1.165, 1.54) is 23.7 Å². The van der Waals surface area contributed by atoms with Crippen molar-refractivity contribution < 1.29 is 14.0 Å². The standard InChI is InChI=1S/C18H22N2O3/c1-13-5-4-6-15(9-13)18(2,3)12-20-16(21)10-19-17(22)14-7-8-23-11-14/h4-9,11H,10,12H2,1-3H3,(H,19,22)(H,20,21). The summed E-state index contributed by atoms with van der Waals surface area (Å²) in [4.78, 5) is 23.6. The van der Waals surface area contributed by atoms with Crippen LogP contribution in [0, 0.1) is 6.92 Å². The van der Waals surface area contributed by atoms with E-state index in [2.05, 4.69) is 36.6 Å². The number of hydrogen-bond donors (Lipinski definition) is 2. The van der Waals surface area contributed by atoms with Gasteiger partial charge >= 0.3 is 0 Å². The van der Waals surface area contributed by atoms with Crippen LogP contribution < -0.4 is 10.6 Å².